The number of ether oxygens (including phenoxy) is 5. The highest BCUT2D eigenvalue weighted by molar-refractivity contribution is 6.50. The smallest absolute Gasteiger partial charge is 0.341 e. The van der Waals surface area contributed by atoms with Crippen LogP contribution in [-0.2, 0) is 35.7 Å². The Hall–Kier alpha value is -3.97. The lowest BCUT2D eigenvalue weighted by atomic mass is 9.56. The molecular weight excluding hydrogens is 733 g/mol. The molecule has 1 fully saturated rings. The molecule has 0 unspecified atom stereocenters. The molecule has 52 heavy (non-hydrogen) atoms. The Morgan fingerprint density at radius 2 is 1.58 bits per heavy atom. The fourth-order valence-electron chi connectivity index (χ4n) is 7.90. The number of aromatic hydroxyl groups is 2. The van der Waals surface area contributed by atoms with E-state index in [4.69, 9.17) is 46.9 Å². The predicted octanol–water partition coefficient (Wildman–Crippen LogP) is 0.970. The Labute approximate surface area is 304 Å². The summed E-state index contributed by atoms with van der Waals surface area (Å²) in [4.78, 5) is 69.8. The first-order valence-electron chi connectivity index (χ1n) is 15.6. The van der Waals surface area contributed by atoms with Gasteiger partial charge in [-0.25, -0.2) is 4.79 Å². The second kappa shape index (κ2) is 12.9. The van der Waals surface area contributed by atoms with E-state index < -0.39 is 139 Å². The molecule has 2 aromatic rings. The molecule has 0 amide bonds. The molecule has 16 nitrogen and oxygen atoms in total. The molecule has 0 aromatic heterocycles. The van der Waals surface area contributed by atoms with Crippen molar-refractivity contribution in [2.24, 2.45) is 0 Å². The number of methoxy groups -OCH3 is 4. The lowest BCUT2D eigenvalue weighted by Crippen LogP contribution is -2.73. The van der Waals surface area contributed by atoms with Crippen molar-refractivity contribution in [3.8, 4) is 11.5 Å². The van der Waals surface area contributed by atoms with E-state index in [-0.39, 0.29) is 16.1 Å². The van der Waals surface area contributed by atoms with Crippen molar-refractivity contribution < 1.29 is 73.2 Å². The van der Waals surface area contributed by atoms with E-state index in [1.54, 1.807) is 6.92 Å². The second-order valence-electron chi connectivity index (χ2n) is 12.8. The Kier molecular flexibility index (Phi) is 9.34. The molecule has 1 heterocycles. The lowest BCUT2D eigenvalue weighted by Gasteiger charge is -2.53. The maximum atomic E-state index is 14.7. The van der Waals surface area contributed by atoms with E-state index in [1.165, 1.54) is 21.1 Å². The number of rotatable bonds is 6. The minimum atomic E-state index is -3.36. The van der Waals surface area contributed by atoms with Gasteiger partial charge in [-0.2, -0.15) is 0 Å². The molecule has 278 valence electrons. The number of aliphatic hydroxyl groups is 3. The largest absolute Gasteiger partial charge is 0.507 e. The van der Waals surface area contributed by atoms with E-state index in [0.717, 1.165) is 20.3 Å². The van der Waals surface area contributed by atoms with Crippen LogP contribution in [0.5, 0.6) is 11.5 Å². The first-order chi connectivity index (χ1) is 24.4. The number of carbonyl (C=O) groups is 5. The van der Waals surface area contributed by atoms with Gasteiger partial charge in [0.2, 0.25) is 23.1 Å². The van der Waals surface area contributed by atoms with Gasteiger partial charge in [0.25, 0.3) is 0 Å². The Balaban J connectivity index is 1.56. The first kappa shape index (κ1) is 37.8. The average molecular weight is 767 g/mol. The van der Waals surface area contributed by atoms with Gasteiger partial charge in [0.15, 0.2) is 17.4 Å². The zero-order chi connectivity index (χ0) is 38.5. The number of ketones is 4. The lowest BCUT2D eigenvalue weighted by molar-refractivity contribution is -0.236. The summed E-state index contributed by atoms with van der Waals surface area (Å²) in [5.41, 5.74) is -11.6. The van der Waals surface area contributed by atoms with Crippen LogP contribution >= 0.6 is 23.2 Å². The third kappa shape index (κ3) is 4.63. The summed E-state index contributed by atoms with van der Waals surface area (Å²) in [7, 11) is 4.48. The molecule has 0 spiro atoms. The van der Waals surface area contributed by atoms with Gasteiger partial charge < -0.3 is 54.5 Å². The van der Waals surface area contributed by atoms with Crippen LogP contribution in [0.25, 0.3) is 0 Å². The number of fused-ring (bicyclic) bond motifs is 5. The number of nitrogens with one attached hydrogen (secondary N) is 1. The normalized spacial score (nSPS) is 31.1. The fourth-order valence-corrected chi connectivity index (χ4v) is 8.40. The van der Waals surface area contributed by atoms with Crippen molar-refractivity contribution >= 4 is 52.3 Å². The van der Waals surface area contributed by atoms with Crippen molar-refractivity contribution in [3.05, 3.63) is 66.3 Å². The maximum Gasteiger partial charge on any atom is 0.341 e. The number of aliphatic hydroxyl groups excluding tert-OH is 2. The molecule has 8 atom stereocenters. The van der Waals surface area contributed by atoms with Crippen molar-refractivity contribution in [1.29, 1.82) is 0 Å². The second-order valence-corrected chi connectivity index (χ2v) is 13.5. The van der Waals surface area contributed by atoms with Crippen LogP contribution in [0.1, 0.15) is 75.4 Å². The van der Waals surface area contributed by atoms with E-state index in [0.29, 0.717) is 0 Å². The molecule has 1 saturated heterocycles. The van der Waals surface area contributed by atoms with Crippen LogP contribution in [0.3, 0.4) is 0 Å². The maximum absolute atomic E-state index is 14.7. The molecule has 4 aliphatic rings. The van der Waals surface area contributed by atoms with Crippen LogP contribution in [0, 0.1) is 6.92 Å². The number of phenols is 2. The number of carbonyl (C=O) groups excluding carboxylic acids is 5. The monoisotopic (exact) mass is 765 g/mol. The number of allylic oxidation sites excluding steroid dienone is 2. The highest BCUT2D eigenvalue weighted by atomic mass is 35.5. The predicted molar refractivity (Wildman–Crippen MR) is 176 cm³/mol. The molecule has 2 aromatic carbocycles. The fraction of sp³-hybridized carbons (Fsp3) is 0.441. The molecule has 3 aliphatic carbocycles. The van der Waals surface area contributed by atoms with Gasteiger partial charge in [-0.3, -0.25) is 19.2 Å². The summed E-state index contributed by atoms with van der Waals surface area (Å²) >= 11 is 13.0. The van der Waals surface area contributed by atoms with Crippen LogP contribution in [0.4, 0.5) is 0 Å². The van der Waals surface area contributed by atoms with E-state index >= 15 is 0 Å². The van der Waals surface area contributed by atoms with Crippen molar-refractivity contribution in [2.75, 3.05) is 28.4 Å². The number of halogens is 2. The zero-order valence-corrected chi connectivity index (χ0v) is 29.8. The minimum Gasteiger partial charge on any atom is -0.507 e. The topological polar surface area (TPSA) is 245 Å². The standard InChI is InChI=1S/C34H33Cl2NO15/c1-9-15(32(46)50-5)24(41)18-13(19(9)35)8-14(38)34(51-6)30(45)17-12(29(44)33(18,34)47)7-11-16(23(17)40)25(42)20(36)21(22(11)39)37-31-28(49-4)26(43)27(48-3)10(2)52-31/h7,10,14,26-28,31,37-38,40-41,43,47H,8H2,1-6H3/t10-,14+,26+,27-,28+,31-,33-,34+/m0/s1. The van der Waals surface area contributed by atoms with Gasteiger partial charge in [0, 0.05) is 49.5 Å². The molecule has 1 aliphatic heterocycles. The number of esters is 1. The van der Waals surface area contributed by atoms with Gasteiger partial charge in [0.05, 0.1) is 30.4 Å². The van der Waals surface area contributed by atoms with Crippen LogP contribution in [0.2, 0.25) is 5.02 Å². The summed E-state index contributed by atoms with van der Waals surface area (Å²) in [5, 5.41) is 59.6. The Morgan fingerprint density at radius 3 is 2.15 bits per heavy atom. The van der Waals surface area contributed by atoms with E-state index in [2.05, 4.69) is 5.32 Å². The number of hydrogen-bond donors (Lipinski definition) is 6. The molecule has 6 rings (SSSR count). The molecule has 0 saturated carbocycles. The molecule has 6 N–H and O–H groups in total. The summed E-state index contributed by atoms with van der Waals surface area (Å²) < 4.78 is 26.8. The van der Waals surface area contributed by atoms with Crippen LogP contribution < -0.4 is 5.32 Å². The Morgan fingerprint density at radius 1 is 0.942 bits per heavy atom. The number of hydrogen-bond acceptors (Lipinski definition) is 16. The minimum absolute atomic E-state index is 0.0303. The van der Waals surface area contributed by atoms with Crippen molar-refractivity contribution in [1.82, 2.24) is 5.32 Å². The SMILES string of the molecule is COC(=O)c1c(C)c(Cl)c2c(c1O)[C@]1(O)C(=O)c3cc4c(c(O)c3C(=O)[C@]1(OC)[C@H](O)C2)C(=O)C(Cl)=C(N[C@H]1O[C@@H](C)[C@H](OC)[C@@H](O)[C@H]1OC)C4=O. The molecule has 0 radical (unpaired) electrons. The summed E-state index contributed by atoms with van der Waals surface area (Å²) in [5.74, 6) is -8.47. The van der Waals surface area contributed by atoms with Gasteiger partial charge in [-0.15, -0.1) is 0 Å². The molecule has 18 heteroatoms. The highest BCUT2D eigenvalue weighted by Gasteiger charge is 2.73. The third-order valence-corrected chi connectivity index (χ3v) is 11.3. The van der Waals surface area contributed by atoms with Crippen LogP contribution in [0.15, 0.2) is 16.8 Å². The van der Waals surface area contributed by atoms with E-state index in [1.807, 2.05) is 0 Å². The Bertz CT molecular complexity index is 2030. The van der Waals surface area contributed by atoms with E-state index in [9.17, 15) is 49.5 Å². The third-order valence-electron chi connectivity index (χ3n) is 10.4. The van der Waals surface area contributed by atoms with Gasteiger partial charge in [-0.1, -0.05) is 23.2 Å². The number of benzene rings is 2. The summed E-state index contributed by atoms with van der Waals surface area (Å²) in [6.07, 6.45) is -8.00. The summed E-state index contributed by atoms with van der Waals surface area (Å²) in [6, 6.07) is 0.774. The quantitative estimate of drug-likeness (QED) is 0.224. The number of phenolic OH excluding ortho intramolecular Hbond substituents is 2. The summed E-state index contributed by atoms with van der Waals surface area (Å²) in [6.45, 7) is 2.92. The zero-order valence-electron chi connectivity index (χ0n) is 28.3. The van der Waals surface area contributed by atoms with Crippen LogP contribution in [-0.4, -0.2) is 125 Å². The van der Waals surface area contributed by atoms with Gasteiger partial charge in [0.1, 0.15) is 46.1 Å². The molecule has 0 bridgehead atoms. The van der Waals surface area contributed by atoms with Gasteiger partial charge >= 0.3 is 5.97 Å². The van der Waals surface area contributed by atoms with Gasteiger partial charge in [-0.05, 0) is 31.0 Å². The van der Waals surface area contributed by atoms with Crippen molar-refractivity contribution in [2.45, 2.75) is 68.2 Å². The number of Topliss-reactive ketones (excluding diaryl/α,β-unsaturated/α-hetero) is 4. The average Bonchev–Trinajstić information content (AvgIpc) is 3.10. The highest BCUT2D eigenvalue weighted by Crippen LogP contribution is 2.58. The molecular formula is C34H33Cl2NO15. The van der Waals surface area contributed by atoms with Crippen molar-refractivity contribution in [3.63, 3.8) is 0 Å². The first-order valence-corrected chi connectivity index (χ1v) is 16.4.